The van der Waals surface area contributed by atoms with Gasteiger partial charge >= 0.3 is 0 Å². The molecular formula is C22H22FN5O. The van der Waals surface area contributed by atoms with Crippen LogP contribution in [0.5, 0.6) is 0 Å². The molecule has 0 saturated carbocycles. The normalized spacial score (nSPS) is 15.2. The van der Waals surface area contributed by atoms with Crippen molar-refractivity contribution in [3.8, 4) is 11.5 Å². The van der Waals surface area contributed by atoms with Gasteiger partial charge in [-0.05, 0) is 62.3 Å². The van der Waals surface area contributed by atoms with E-state index in [0.717, 1.165) is 36.5 Å². The third-order valence-corrected chi connectivity index (χ3v) is 5.40. The van der Waals surface area contributed by atoms with E-state index < -0.39 is 0 Å². The number of nitrogens with zero attached hydrogens (tertiary/aromatic N) is 5. The molecule has 0 aliphatic carbocycles. The van der Waals surface area contributed by atoms with E-state index in [0.29, 0.717) is 23.9 Å². The van der Waals surface area contributed by atoms with Crippen molar-refractivity contribution in [2.24, 2.45) is 0 Å². The fourth-order valence-electron chi connectivity index (χ4n) is 3.90. The lowest BCUT2D eigenvalue weighted by Gasteiger charge is -2.26. The molecule has 29 heavy (non-hydrogen) atoms. The van der Waals surface area contributed by atoms with Gasteiger partial charge in [0, 0.05) is 5.56 Å². The Morgan fingerprint density at radius 3 is 2.52 bits per heavy atom. The van der Waals surface area contributed by atoms with E-state index in [-0.39, 0.29) is 5.82 Å². The SMILES string of the molecule is Fc1ccc(-c2nnc(Cn3c(CN4CCCCC4)nc4ccccc43)o2)cc1. The first-order valence-electron chi connectivity index (χ1n) is 10.0. The number of piperidine rings is 1. The molecule has 0 atom stereocenters. The highest BCUT2D eigenvalue weighted by molar-refractivity contribution is 5.76. The Bertz CT molecular complexity index is 1110. The molecule has 1 aliphatic rings. The van der Waals surface area contributed by atoms with Crippen LogP contribution in [0.4, 0.5) is 4.39 Å². The van der Waals surface area contributed by atoms with Crippen LogP contribution in [-0.4, -0.2) is 37.7 Å². The number of halogens is 1. The van der Waals surface area contributed by atoms with Gasteiger partial charge in [-0.2, -0.15) is 0 Å². The van der Waals surface area contributed by atoms with Crippen LogP contribution in [0.15, 0.2) is 52.9 Å². The van der Waals surface area contributed by atoms with Gasteiger partial charge in [-0.25, -0.2) is 9.37 Å². The van der Waals surface area contributed by atoms with Crippen LogP contribution in [-0.2, 0) is 13.1 Å². The fraction of sp³-hybridized carbons (Fsp3) is 0.318. The molecule has 4 aromatic rings. The molecule has 0 N–H and O–H groups in total. The zero-order chi connectivity index (χ0) is 19.6. The Balaban J connectivity index is 1.45. The second kappa shape index (κ2) is 7.75. The van der Waals surface area contributed by atoms with Gasteiger partial charge in [0.25, 0.3) is 0 Å². The van der Waals surface area contributed by atoms with Crippen molar-refractivity contribution in [2.75, 3.05) is 13.1 Å². The predicted octanol–water partition coefficient (Wildman–Crippen LogP) is 4.26. The smallest absolute Gasteiger partial charge is 0.247 e. The van der Waals surface area contributed by atoms with Crippen molar-refractivity contribution in [1.29, 1.82) is 0 Å². The number of likely N-dealkylation sites (tertiary alicyclic amines) is 1. The maximum Gasteiger partial charge on any atom is 0.247 e. The topological polar surface area (TPSA) is 60.0 Å². The molecule has 0 unspecified atom stereocenters. The van der Waals surface area contributed by atoms with Crippen LogP contribution >= 0.6 is 0 Å². The standard InChI is InChI=1S/C22H22FN5O/c23-17-10-8-16(9-11-17)22-26-25-21(29-22)15-28-19-7-3-2-6-18(19)24-20(28)14-27-12-4-1-5-13-27/h2-3,6-11H,1,4-5,12-15H2. The van der Waals surface area contributed by atoms with Crippen LogP contribution in [0.25, 0.3) is 22.5 Å². The number of rotatable bonds is 5. The minimum absolute atomic E-state index is 0.291. The number of benzene rings is 2. The van der Waals surface area contributed by atoms with Gasteiger partial charge in [0.05, 0.1) is 17.6 Å². The average molecular weight is 391 g/mol. The summed E-state index contributed by atoms with van der Waals surface area (Å²) in [5.41, 5.74) is 2.73. The minimum Gasteiger partial charge on any atom is -0.419 e. The molecule has 0 amide bonds. The van der Waals surface area contributed by atoms with Crippen molar-refractivity contribution in [1.82, 2.24) is 24.6 Å². The van der Waals surface area contributed by atoms with E-state index in [1.165, 1.54) is 31.4 Å². The largest absolute Gasteiger partial charge is 0.419 e. The lowest BCUT2D eigenvalue weighted by Crippen LogP contribution is -2.30. The zero-order valence-corrected chi connectivity index (χ0v) is 16.1. The van der Waals surface area contributed by atoms with Crippen LogP contribution < -0.4 is 0 Å². The number of fused-ring (bicyclic) bond motifs is 1. The van der Waals surface area contributed by atoms with Crippen molar-refractivity contribution in [2.45, 2.75) is 32.4 Å². The van der Waals surface area contributed by atoms with Crippen molar-refractivity contribution in [3.05, 3.63) is 66.1 Å². The van der Waals surface area contributed by atoms with E-state index in [2.05, 4.69) is 25.7 Å². The number of hydrogen-bond donors (Lipinski definition) is 0. The molecule has 148 valence electrons. The third-order valence-electron chi connectivity index (χ3n) is 5.40. The van der Waals surface area contributed by atoms with E-state index in [1.54, 1.807) is 12.1 Å². The van der Waals surface area contributed by atoms with E-state index in [9.17, 15) is 4.39 Å². The lowest BCUT2D eigenvalue weighted by atomic mass is 10.1. The van der Waals surface area contributed by atoms with Crippen LogP contribution in [0, 0.1) is 5.82 Å². The van der Waals surface area contributed by atoms with Crippen molar-refractivity contribution >= 4 is 11.0 Å². The molecule has 2 aromatic heterocycles. The summed E-state index contributed by atoms with van der Waals surface area (Å²) in [4.78, 5) is 7.32. The van der Waals surface area contributed by atoms with E-state index in [1.807, 2.05) is 18.2 Å². The number of hydrogen-bond acceptors (Lipinski definition) is 5. The van der Waals surface area contributed by atoms with E-state index in [4.69, 9.17) is 9.40 Å². The van der Waals surface area contributed by atoms with Gasteiger partial charge in [0.1, 0.15) is 18.2 Å². The maximum atomic E-state index is 13.2. The van der Waals surface area contributed by atoms with Gasteiger partial charge < -0.3 is 8.98 Å². The summed E-state index contributed by atoms with van der Waals surface area (Å²) < 4.78 is 21.2. The molecule has 0 radical (unpaired) electrons. The Morgan fingerprint density at radius 2 is 1.69 bits per heavy atom. The number of imidazole rings is 1. The minimum atomic E-state index is -0.291. The third kappa shape index (κ3) is 3.78. The highest BCUT2D eigenvalue weighted by Gasteiger charge is 2.18. The first kappa shape index (κ1) is 18.0. The monoisotopic (exact) mass is 391 g/mol. The second-order valence-corrected chi connectivity index (χ2v) is 7.45. The molecule has 0 bridgehead atoms. The molecule has 1 fully saturated rings. The molecule has 1 saturated heterocycles. The summed E-state index contributed by atoms with van der Waals surface area (Å²) in [5, 5.41) is 8.35. The molecule has 1 aliphatic heterocycles. The fourth-order valence-corrected chi connectivity index (χ4v) is 3.90. The van der Waals surface area contributed by atoms with Crippen LogP contribution in [0.3, 0.4) is 0 Å². The Labute approximate surface area is 168 Å². The molecule has 3 heterocycles. The van der Waals surface area contributed by atoms with Gasteiger partial charge in [0.2, 0.25) is 11.8 Å². The van der Waals surface area contributed by atoms with Gasteiger partial charge in [-0.1, -0.05) is 18.6 Å². The summed E-state index contributed by atoms with van der Waals surface area (Å²) in [6.07, 6.45) is 3.79. The molecular weight excluding hydrogens is 369 g/mol. The first-order valence-corrected chi connectivity index (χ1v) is 10.0. The Hall–Kier alpha value is -3.06. The van der Waals surface area contributed by atoms with Crippen LogP contribution in [0.2, 0.25) is 0 Å². The molecule has 2 aromatic carbocycles. The molecule has 6 nitrogen and oxygen atoms in total. The molecule has 7 heteroatoms. The summed E-state index contributed by atoms with van der Waals surface area (Å²) in [7, 11) is 0. The van der Waals surface area contributed by atoms with Gasteiger partial charge in [0.15, 0.2) is 0 Å². The van der Waals surface area contributed by atoms with Crippen molar-refractivity contribution in [3.63, 3.8) is 0 Å². The predicted molar refractivity (Wildman–Crippen MR) is 108 cm³/mol. The van der Waals surface area contributed by atoms with Crippen LogP contribution in [0.1, 0.15) is 31.0 Å². The Kier molecular flexibility index (Phi) is 4.81. The first-order chi connectivity index (χ1) is 14.3. The molecule has 5 rings (SSSR count). The Morgan fingerprint density at radius 1 is 0.897 bits per heavy atom. The van der Waals surface area contributed by atoms with Crippen molar-refractivity contribution < 1.29 is 8.81 Å². The van der Waals surface area contributed by atoms with Gasteiger partial charge in [-0.15, -0.1) is 10.2 Å². The van der Waals surface area contributed by atoms with Gasteiger partial charge in [-0.3, -0.25) is 4.90 Å². The zero-order valence-electron chi connectivity index (χ0n) is 16.1. The maximum absolute atomic E-state index is 13.2. The molecule has 0 spiro atoms. The average Bonchev–Trinajstić information content (AvgIpc) is 3.35. The lowest BCUT2D eigenvalue weighted by molar-refractivity contribution is 0.213. The second-order valence-electron chi connectivity index (χ2n) is 7.45. The summed E-state index contributed by atoms with van der Waals surface area (Å²) in [5.74, 6) is 1.62. The number of para-hydroxylation sites is 2. The highest BCUT2D eigenvalue weighted by Crippen LogP contribution is 2.22. The highest BCUT2D eigenvalue weighted by atomic mass is 19.1. The number of aromatic nitrogens is 4. The summed E-state index contributed by atoms with van der Waals surface area (Å²) in [6, 6.07) is 14.2. The van der Waals surface area contributed by atoms with E-state index >= 15 is 0 Å². The summed E-state index contributed by atoms with van der Waals surface area (Å²) >= 11 is 0. The summed E-state index contributed by atoms with van der Waals surface area (Å²) in [6.45, 7) is 3.49. The quantitative estimate of drug-likeness (QED) is 0.509.